The highest BCUT2D eigenvalue weighted by Crippen LogP contribution is 2.24. The summed E-state index contributed by atoms with van der Waals surface area (Å²) >= 11 is 0. The molecule has 0 atom stereocenters. The summed E-state index contributed by atoms with van der Waals surface area (Å²) in [5.74, 6) is -0.468. The van der Waals surface area contributed by atoms with E-state index in [1.54, 1.807) is 12.3 Å². The van der Waals surface area contributed by atoms with Crippen molar-refractivity contribution in [1.82, 2.24) is 10.3 Å². The molecule has 0 bridgehead atoms. The number of nitrogens with zero attached hydrogens (tertiary/aromatic N) is 1. The molecule has 0 saturated heterocycles. The number of nitrogens with one attached hydrogen (secondary N) is 1. The number of hydrogen-bond donors (Lipinski definition) is 2. The summed E-state index contributed by atoms with van der Waals surface area (Å²) in [6.07, 6.45) is 4.30. The van der Waals surface area contributed by atoms with E-state index in [1.165, 1.54) is 0 Å². The molecule has 1 saturated carbocycles. The van der Waals surface area contributed by atoms with E-state index in [2.05, 4.69) is 10.3 Å². The van der Waals surface area contributed by atoms with Crippen LogP contribution in [-0.2, 0) is 11.4 Å². The minimum absolute atomic E-state index is 0.0339. The number of hydrogen-bond acceptors (Lipinski definition) is 4. The zero-order valence-electron chi connectivity index (χ0n) is 15.4. The monoisotopic (exact) mass is 368 g/mol. The maximum Gasteiger partial charge on any atom is 0.306 e. The number of aliphatic carboxylic acids is 1. The summed E-state index contributed by atoms with van der Waals surface area (Å²) in [4.78, 5) is 27.7. The maximum atomic E-state index is 12.5. The summed E-state index contributed by atoms with van der Waals surface area (Å²) in [7, 11) is 0. The van der Waals surface area contributed by atoms with Gasteiger partial charge in [-0.3, -0.25) is 14.6 Å². The molecule has 1 amide bonds. The number of carbonyl (C=O) groups is 2. The zero-order valence-corrected chi connectivity index (χ0v) is 15.4. The van der Waals surface area contributed by atoms with Crippen molar-refractivity contribution >= 4 is 11.9 Å². The molecule has 2 aromatic rings. The molecule has 1 fully saturated rings. The van der Waals surface area contributed by atoms with Crippen molar-refractivity contribution < 1.29 is 19.4 Å². The van der Waals surface area contributed by atoms with Gasteiger partial charge in [0, 0.05) is 17.3 Å². The van der Waals surface area contributed by atoms with Crippen molar-refractivity contribution in [2.24, 2.45) is 5.92 Å². The molecular weight excluding hydrogens is 344 g/mol. The van der Waals surface area contributed by atoms with Crippen molar-refractivity contribution in [2.75, 3.05) is 0 Å². The lowest BCUT2D eigenvalue weighted by Crippen LogP contribution is -2.38. The Labute approximate surface area is 158 Å². The largest absolute Gasteiger partial charge is 0.487 e. The molecule has 6 nitrogen and oxygen atoms in total. The van der Waals surface area contributed by atoms with Gasteiger partial charge in [0.1, 0.15) is 12.4 Å². The average molecular weight is 368 g/mol. The van der Waals surface area contributed by atoms with Crippen LogP contribution in [0.15, 0.2) is 42.6 Å². The standard InChI is InChI=1S/C21H24N2O4/c1-14-5-10-19(12-22-14)27-13-15-3-2-4-17(11-15)20(24)23-18-8-6-16(7-9-18)21(25)26/h2-5,10-12,16,18H,6-9,13H2,1H3,(H,23,24)(H,25,26). The van der Waals surface area contributed by atoms with E-state index >= 15 is 0 Å². The van der Waals surface area contributed by atoms with Gasteiger partial charge in [-0.25, -0.2) is 0 Å². The third kappa shape index (κ3) is 5.29. The van der Waals surface area contributed by atoms with Gasteiger partial charge in [0.05, 0.1) is 12.1 Å². The Morgan fingerprint density at radius 3 is 2.63 bits per heavy atom. The Morgan fingerprint density at radius 1 is 1.19 bits per heavy atom. The molecule has 1 heterocycles. The van der Waals surface area contributed by atoms with Gasteiger partial charge in [0.2, 0.25) is 0 Å². The number of aromatic nitrogens is 1. The summed E-state index contributed by atoms with van der Waals surface area (Å²) in [5.41, 5.74) is 2.41. The third-order valence-electron chi connectivity index (χ3n) is 4.89. The number of carbonyl (C=O) groups excluding carboxylic acids is 1. The van der Waals surface area contributed by atoms with Crippen LogP contribution in [0.3, 0.4) is 0 Å². The molecule has 3 rings (SSSR count). The van der Waals surface area contributed by atoms with E-state index in [1.807, 2.05) is 37.3 Å². The predicted octanol–water partition coefficient (Wildman–Crippen LogP) is 3.34. The third-order valence-corrected chi connectivity index (χ3v) is 4.89. The quantitative estimate of drug-likeness (QED) is 0.816. The highest BCUT2D eigenvalue weighted by molar-refractivity contribution is 5.94. The molecule has 2 N–H and O–H groups in total. The van der Waals surface area contributed by atoms with Crippen LogP contribution in [0, 0.1) is 12.8 Å². The summed E-state index contributed by atoms with van der Waals surface area (Å²) in [5, 5.41) is 12.1. The molecule has 1 aromatic carbocycles. The Kier molecular flexibility index (Phi) is 6.06. The first-order valence-electron chi connectivity index (χ1n) is 9.19. The highest BCUT2D eigenvalue weighted by atomic mass is 16.5. The maximum absolute atomic E-state index is 12.5. The normalized spacial score (nSPS) is 19.3. The molecule has 0 aliphatic heterocycles. The molecule has 142 valence electrons. The second-order valence-corrected chi connectivity index (χ2v) is 6.98. The predicted molar refractivity (Wildman–Crippen MR) is 101 cm³/mol. The number of amides is 1. The smallest absolute Gasteiger partial charge is 0.306 e. The van der Waals surface area contributed by atoms with Gasteiger partial charge < -0.3 is 15.2 Å². The van der Waals surface area contributed by atoms with E-state index in [9.17, 15) is 9.59 Å². The molecule has 1 aliphatic rings. The van der Waals surface area contributed by atoms with Gasteiger partial charge in [-0.1, -0.05) is 12.1 Å². The number of carboxylic acid groups (broad SMARTS) is 1. The van der Waals surface area contributed by atoms with Crippen molar-refractivity contribution in [3.05, 3.63) is 59.4 Å². The second kappa shape index (κ2) is 8.66. The fraction of sp³-hybridized carbons (Fsp3) is 0.381. The Hall–Kier alpha value is -2.89. The van der Waals surface area contributed by atoms with E-state index in [0.717, 1.165) is 11.3 Å². The van der Waals surface area contributed by atoms with E-state index in [4.69, 9.17) is 9.84 Å². The van der Waals surface area contributed by atoms with Crippen LogP contribution >= 0.6 is 0 Å². The first-order chi connectivity index (χ1) is 13.0. The number of pyridine rings is 1. The summed E-state index contributed by atoms with van der Waals surface area (Å²) in [6, 6.07) is 11.1. The fourth-order valence-corrected chi connectivity index (χ4v) is 3.26. The topological polar surface area (TPSA) is 88.5 Å². The molecular formula is C21H24N2O4. The van der Waals surface area contributed by atoms with Crippen LogP contribution in [0.4, 0.5) is 0 Å². The zero-order chi connectivity index (χ0) is 19.2. The van der Waals surface area contributed by atoms with Crippen molar-refractivity contribution in [1.29, 1.82) is 0 Å². The molecule has 1 aliphatic carbocycles. The number of rotatable bonds is 6. The second-order valence-electron chi connectivity index (χ2n) is 6.98. The lowest BCUT2D eigenvalue weighted by Gasteiger charge is -2.26. The van der Waals surface area contributed by atoms with Gasteiger partial charge >= 0.3 is 5.97 Å². The van der Waals surface area contributed by atoms with Crippen LogP contribution in [-0.4, -0.2) is 28.0 Å². The molecule has 0 unspecified atom stereocenters. The molecule has 1 aromatic heterocycles. The summed E-state index contributed by atoms with van der Waals surface area (Å²) < 4.78 is 5.72. The minimum Gasteiger partial charge on any atom is -0.487 e. The summed E-state index contributed by atoms with van der Waals surface area (Å²) in [6.45, 7) is 2.27. The van der Waals surface area contributed by atoms with Crippen molar-refractivity contribution in [3.8, 4) is 5.75 Å². The van der Waals surface area contributed by atoms with Gasteiger partial charge in [-0.05, 0) is 62.4 Å². The lowest BCUT2D eigenvalue weighted by molar-refractivity contribution is -0.142. The Balaban J connectivity index is 1.54. The van der Waals surface area contributed by atoms with Crippen LogP contribution in [0.2, 0.25) is 0 Å². The molecule has 0 spiro atoms. The molecule has 27 heavy (non-hydrogen) atoms. The van der Waals surface area contributed by atoms with Gasteiger partial charge in [0.15, 0.2) is 0 Å². The van der Waals surface area contributed by atoms with E-state index in [-0.39, 0.29) is 17.9 Å². The first kappa shape index (κ1) is 18.9. The van der Waals surface area contributed by atoms with Crippen LogP contribution in [0.5, 0.6) is 5.75 Å². The van der Waals surface area contributed by atoms with Gasteiger partial charge in [-0.15, -0.1) is 0 Å². The lowest BCUT2D eigenvalue weighted by atomic mass is 9.86. The minimum atomic E-state index is -0.740. The first-order valence-corrected chi connectivity index (χ1v) is 9.19. The number of benzene rings is 1. The average Bonchev–Trinajstić information content (AvgIpc) is 2.68. The van der Waals surface area contributed by atoms with Crippen LogP contribution < -0.4 is 10.1 Å². The fourth-order valence-electron chi connectivity index (χ4n) is 3.26. The van der Waals surface area contributed by atoms with Crippen LogP contribution in [0.25, 0.3) is 0 Å². The van der Waals surface area contributed by atoms with Gasteiger partial charge in [-0.2, -0.15) is 0 Å². The Morgan fingerprint density at radius 2 is 1.96 bits per heavy atom. The van der Waals surface area contributed by atoms with Crippen LogP contribution in [0.1, 0.15) is 47.3 Å². The van der Waals surface area contributed by atoms with Gasteiger partial charge in [0.25, 0.3) is 5.91 Å². The van der Waals surface area contributed by atoms with Crippen molar-refractivity contribution in [3.63, 3.8) is 0 Å². The van der Waals surface area contributed by atoms with Crippen molar-refractivity contribution in [2.45, 2.75) is 45.3 Å². The Bertz CT molecular complexity index is 796. The molecule has 6 heteroatoms. The van der Waals surface area contributed by atoms with E-state index < -0.39 is 5.97 Å². The number of aryl methyl sites for hydroxylation is 1. The SMILES string of the molecule is Cc1ccc(OCc2cccc(C(=O)NC3CCC(C(=O)O)CC3)c2)cn1. The highest BCUT2D eigenvalue weighted by Gasteiger charge is 2.26. The number of carboxylic acids is 1. The number of ether oxygens (including phenoxy) is 1. The van der Waals surface area contributed by atoms with E-state index in [0.29, 0.717) is 43.6 Å². The molecule has 0 radical (unpaired) electrons.